The number of hydrogen-bond acceptors (Lipinski definition) is 4. The molecule has 0 bridgehead atoms. The Kier molecular flexibility index (Phi) is 4.84. The van der Waals surface area contributed by atoms with Crippen LogP contribution in [0.15, 0.2) is 34.2 Å². The quantitative estimate of drug-likeness (QED) is 0.523. The normalized spacial score (nSPS) is 10.9. The zero-order chi connectivity index (χ0) is 15.4. The molecule has 112 valence electrons. The molecule has 0 fully saturated rings. The molecule has 0 aliphatic rings. The van der Waals surface area contributed by atoms with Gasteiger partial charge in [0.2, 0.25) is 5.88 Å². The molecule has 4 nitrogen and oxygen atoms in total. The molecule has 2 aromatic rings. The summed E-state index contributed by atoms with van der Waals surface area (Å²) in [5.41, 5.74) is -0.634. The fourth-order valence-electron chi connectivity index (χ4n) is 1.44. The van der Waals surface area contributed by atoms with Gasteiger partial charge in [-0.15, -0.1) is 0 Å². The van der Waals surface area contributed by atoms with E-state index in [0.29, 0.717) is 0 Å². The zero-order valence-corrected chi connectivity index (χ0v) is 11.1. The number of ether oxygens (including phenoxy) is 1. The molecule has 0 saturated heterocycles. The Balaban J connectivity index is 2.14. The maximum Gasteiger partial charge on any atom is 0.388 e. The molecule has 0 amide bonds. The van der Waals surface area contributed by atoms with E-state index < -0.39 is 29.7 Å². The summed E-state index contributed by atoms with van der Waals surface area (Å²) >= 11 is 0.854. The van der Waals surface area contributed by atoms with Crippen molar-refractivity contribution in [1.82, 2.24) is 9.97 Å². The van der Waals surface area contributed by atoms with Crippen LogP contribution in [0.4, 0.5) is 17.6 Å². The van der Waals surface area contributed by atoms with Crippen LogP contribution in [0, 0.1) is 11.6 Å². The second-order valence-corrected chi connectivity index (χ2v) is 4.73. The van der Waals surface area contributed by atoms with Gasteiger partial charge in [0.25, 0.3) is 5.56 Å². The van der Waals surface area contributed by atoms with Crippen molar-refractivity contribution in [2.24, 2.45) is 0 Å². The summed E-state index contributed by atoms with van der Waals surface area (Å²) in [7, 11) is 0. The highest BCUT2D eigenvalue weighted by atomic mass is 32.2. The molecule has 1 N–H and O–H groups in total. The van der Waals surface area contributed by atoms with Crippen molar-refractivity contribution >= 4 is 11.8 Å². The monoisotopic (exact) mass is 320 g/mol. The second kappa shape index (κ2) is 6.61. The van der Waals surface area contributed by atoms with Crippen molar-refractivity contribution < 1.29 is 22.3 Å². The molecule has 0 unspecified atom stereocenters. The third-order valence-electron chi connectivity index (χ3n) is 2.30. The number of aromatic nitrogens is 2. The molecule has 0 saturated carbocycles. The third kappa shape index (κ3) is 4.22. The number of nitrogens with one attached hydrogen (secondary N) is 1. The smallest absolute Gasteiger partial charge is 0.388 e. The van der Waals surface area contributed by atoms with Crippen LogP contribution in [0.1, 0.15) is 5.56 Å². The summed E-state index contributed by atoms with van der Waals surface area (Å²) in [5.74, 6) is -2.59. The van der Waals surface area contributed by atoms with E-state index in [0.717, 1.165) is 23.9 Å². The van der Waals surface area contributed by atoms with Gasteiger partial charge in [0.1, 0.15) is 0 Å². The van der Waals surface area contributed by atoms with Gasteiger partial charge in [-0.25, -0.2) is 8.78 Å². The summed E-state index contributed by atoms with van der Waals surface area (Å²) in [4.78, 5) is 17.2. The first-order valence-electron chi connectivity index (χ1n) is 5.57. The fraction of sp³-hybridized carbons (Fsp3) is 0.167. The minimum absolute atomic E-state index is 0.0370. The maximum atomic E-state index is 13.4. The van der Waals surface area contributed by atoms with Gasteiger partial charge in [-0.1, -0.05) is 23.9 Å². The van der Waals surface area contributed by atoms with E-state index in [1.54, 1.807) is 0 Å². The molecule has 0 atom stereocenters. The van der Waals surface area contributed by atoms with Crippen molar-refractivity contribution in [1.29, 1.82) is 0 Å². The van der Waals surface area contributed by atoms with Crippen LogP contribution < -0.4 is 10.3 Å². The molecule has 9 heteroatoms. The average Bonchev–Trinajstić information content (AvgIpc) is 2.39. The topological polar surface area (TPSA) is 55.0 Å². The zero-order valence-electron chi connectivity index (χ0n) is 10.3. The highest BCUT2D eigenvalue weighted by molar-refractivity contribution is 7.98. The van der Waals surface area contributed by atoms with Gasteiger partial charge in [-0.3, -0.25) is 4.79 Å². The molecule has 0 aliphatic carbocycles. The molecule has 2 rings (SSSR count). The molecular weight excluding hydrogens is 312 g/mol. The van der Waals surface area contributed by atoms with Crippen LogP contribution >= 0.6 is 11.8 Å². The van der Waals surface area contributed by atoms with Crippen molar-refractivity contribution in [2.45, 2.75) is 17.5 Å². The highest BCUT2D eigenvalue weighted by Gasteiger charge is 2.11. The van der Waals surface area contributed by atoms with Crippen molar-refractivity contribution in [3.8, 4) is 5.88 Å². The van der Waals surface area contributed by atoms with Crippen LogP contribution in [0.2, 0.25) is 0 Å². The Hall–Kier alpha value is -2.03. The molecule has 0 radical (unpaired) electrons. The average molecular weight is 320 g/mol. The molecule has 0 spiro atoms. The number of halogens is 4. The highest BCUT2D eigenvalue weighted by Crippen LogP contribution is 2.22. The summed E-state index contributed by atoms with van der Waals surface area (Å²) in [6, 6.07) is 4.43. The van der Waals surface area contributed by atoms with Gasteiger partial charge < -0.3 is 9.72 Å². The van der Waals surface area contributed by atoms with Gasteiger partial charge >= 0.3 is 6.61 Å². The minimum atomic E-state index is -3.11. The molecule has 1 aromatic carbocycles. The van der Waals surface area contributed by atoms with E-state index in [-0.39, 0.29) is 16.5 Å². The number of thioether (sulfide) groups is 1. The van der Waals surface area contributed by atoms with E-state index in [4.69, 9.17) is 0 Å². The van der Waals surface area contributed by atoms with Crippen LogP contribution in [0.5, 0.6) is 5.88 Å². The number of H-pyrrole nitrogens is 1. The lowest BCUT2D eigenvalue weighted by atomic mass is 10.2. The summed E-state index contributed by atoms with van der Waals surface area (Å²) in [5, 5.41) is -0.0400. The minimum Gasteiger partial charge on any atom is -0.417 e. The number of nitrogens with zero attached hydrogens (tertiary/aromatic N) is 1. The predicted octanol–water partition coefficient (Wildman–Crippen LogP) is 2.94. The number of benzene rings is 1. The summed E-state index contributed by atoms with van der Waals surface area (Å²) in [6.07, 6.45) is 0. The Labute approximate surface area is 120 Å². The number of aromatic amines is 1. The molecule has 0 aliphatic heterocycles. The standard InChI is InChI=1S/C12H8F4N2O2S/c13-7-3-1-2-6(10(7)14)5-21-12-17-8(19)4-9(18-12)20-11(15)16/h1-4,11H,5H2,(H,17,18,19). The van der Waals surface area contributed by atoms with Gasteiger partial charge in [-0.05, 0) is 6.07 Å². The van der Waals surface area contributed by atoms with Crippen LogP contribution in [0.3, 0.4) is 0 Å². The first-order valence-corrected chi connectivity index (χ1v) is 6.56. The van der Waals surface area contributed by atoms with Crippen molar-refractivity contribution in [3.63, 3.8) is 0 Å². The summed E-state index contributed by atoms with van der Waals surface area (Å²) in [6.45, 7) is -3.11. The van der Waals surface area contributed by atoms with E-state index in [1.165, 1.54) is 12.1 Å². The summed E-state index contributed by atoms with van der Waals surface area (Å²) < 4.78 is 54.6. The Morgan fingerprint density at radius 1 is 1.33 bits per heavy atom. The largest absolute Gasteiger partial charge is 0.417 e. The van der Waals surface area contributed by atoms with Gasteiger partial charge in [0.15, 0.2) is 16.8 Å². The molecule has 1 aromatic heterocycles. The molecule has 21 heavy (non-hydrogen) atoms. The first-order chi connectivity index (χ1) is 9.95. The van der Waals surface area contributed by atoms with E-state index >= 15 is 0 Å². The van der Waals surface area contributed by atoms with E-state index in [9.17, 15) is 22.4 Å². The van der Waals surface area contributed by atoms with Gasteiger partial charge in [0, 0.05) is 11.3 Å². The van der Waals surface area contributed by atoms with Crippen molar-refractivity contribution in [2.75, 3.05) is 0 Å². The van der Waals surface area contributed by atoms with Gasteiger partial charge in [-0.2, -0.15) is 13.8 Å². The lowest BCUT2D eigenvalue weighted by molar-refractivity contribution is -0.0534. The second-order valence-electron chi connectivity index (χ2n) is 3.77. The maximum absolute atomic E-state index is 13.4. The molecule has 1 heterocycles. The lowest BCUT2D eigenvalue weighted by Gasteiger charge is -2.06. The lowest BCUT2D eigenvalue weighted by Crippen LogP contribution is -2.12. The fourth-order valence-corrected chi connectivity index (χ4v) is 2.28. The third-order valence-corrected chi connectivity index (χ3v) is 3.22. The SMILES string of the molecule is O=c1cc(OC(F)F)nc(SCc2cccc(F)c2F)[nH]1. The van der Waals surface area contributed by atoms with Crippen LogP contribution in [-0.4, -0.2) is 16.6 Å². The first kappa shape index (κ1) is 15.4. The van der Waals surface area contributed by atoms with Crippen molar-refractivity contribution in [3.05, 3.63) is 51.8 Å². The number of hydrogen-bond donors (Lipinski definition) is 1. The number of alkyl halides is 2. The predicted molar refractivity (Wildman–Crippen MR) is 67.4 cm³/mol. The van der Waals surface area contributed by atoms with Gasteiger partial charge in [0.05, 0.1) is 6.07 Å². The Morgan fingerprint density at radius 2 is 2.10 bits per heavy atom. The molecular formula is C12H8F4N2O2S. The van der Waals surface area contributed by atoms with Crippen LogP contribution in [-0.2, 0) is 5.75 Å². The number of rotatable bonds is 5. The Bertz CT molecular complexity index is 693. The van der Waals surface area contributed by atoms with E-state index in [2.05, 4.69) is 14.7 Å². The Morgan fingerprint density at radius 3 is 2.81 bits per heavy atom. The van der Waals surface area contributed by atoms with E-state index in [1.807, 2.05) is 0 Å². The van der Waals surface area contributed by atoms with Crippen LogP contribution in [0.25, 0.3) is 0 Å².